The molecule has 18 heavy (non-hydrogen) atoms. The number of rotatable bonds is 7. The minimum absolute atomic E-state index is 0.0776. The maximum atomic E-state index is 11.4. The molecule has 0 aromatic rings. The summed E-state index contributed by atoms with van der Waals surface area (Å²) >= 11 is 0. The Labute approximate surface area is 110 Å². The fourth-order valence-electron chi connectivity index (χ4n) is 1.80. The van der Waals surface area contributed by atoms with E-state index in [4.69, 9.17) is 9.84 Å². The number of aliphatic hydroxyl groups excluding tert-OH is 1. The van der Waals surface area contributed by atoms with Crippen molar-refractivity contribution in [1.29, 1.82) is 0 Å². The highest BCUT2D eigenvalue weighted by Gasteiger charge is 2.23. The molecule has 0 saturated heterocycles. The van der Waals surface area contributed by atoms with E-state index in [-0.39, 0.29) is 24.0 Å². The van der Waals surface area contributed by atoms with Gasteiger partial charge in [0.1, 0.15) is 0 Å². The van der Waals surface area contributed by atoms with Gasteiger partial charge in [0.25, 0.3) is 0 Å². The minimum atomic E-state index is -0.270. The molecule has 106 valence electrons. The van der Waals surface area contributed by atoms with Crippen molar-refractivity contribution in [3.63, 3.8) is 0 Å². The highest BCUT2D eigenvalue weighted by molar-refractivity contribution is 5.88. The van der Waals surface area contributed by atoms with Crippen molar-refractivity contribution in [2.24, 2.45) is 5.41 Å². The van der Waals surface area contributed by atoms with Crippen LogP contribution < -0.4 is 5.32 Å². The van der Waals surface area contributed by atoms with E-state index in [1.165, 1.54) is 7.11 Å². The van der Waals surface area contributed by atoms with E-state index in [1.807, 2.05) is 13.0 Å². The lowest BCUT2D eigenvalue weighted by molar-refractivity contribution is -0.136. The number of aliphatic hydroxyl groups is 1. The van der Waals surface area contributed by atoms with Crippen LogP contribution in [0.4, 0.5) is 0 Å². The summed E-state index contributed by atoms with van der Waals surface area (Å²) in [7, 11) is 1.39. The van der Waals surface area contributed by atoms with Crippen LogP contribution in [0.5, 0.6) is 0 Å². The molecule has 0 radical (unpaired) electrons. The molecule has 0 aromatic heterocycles. The van der Waals surface area contributed by atoms with E-state index in [0.717, 1.165) is 0 Å². The van der Waals surface area contributed by atoms with Crippen LogP contribution >= 0.6 is 0 Å². The van der Waals surface area contributed by atoms with Crippen molar-refractivity contribution in [2.45, 2.75) is 46.6 Å². The van der Waals surface area contributed by atoms with Gasteiger partial charge in [-0.3, -0.25) is 0 Å². The smallest absolute Gasteiger partial charge is 0.333 e. The van der Waals surface area contributed by atoms with Crippen LogP contribution in [0.15, 0.2) is 11.6 Å². The molecule has 0 fully saturated rings. The summed E-state index contributed by atoms with van der Waals surface area (Å²) in [4.78, 5) is 11.4. The second-order valence-corrected chi connectivity index (χ2v) is 5.41. The molecule has 0 rings (SSSR count). The molecule has 0 aliphatic carbocycles. The molecule has 0 amide bonds. The van der Waals surface area contributed by atoms with Crippen LogP contribution in [0.1, 0.15) is 40.5 Å². The molecule has 0 saturated carbocycles. The lowest BCUT2D eigenvalue weighted by Crippen LogP contribution is -2.41. The topological polar surface area (TPSA) is 58.6 Å². The molecule has 1 unspecified atom stereocenters. The predicted molar refractivity (Wildman–Crippen MR) is 73.3 cm³/mol. The standard InChI is InChI=1S/C14H27NO3/c1-6-11(13(17)18-5)7-9-15-12(8-10-16)14(2,3)4/h7,12,15-16H,6,8-10H2,1-5H3. The van der Waals surface area contributed by atoms with Gasteiger partial charge in [0.2, 0.25) is 0 Å². The van der Waals surface area contributed by atoms with Gasteiger partial charge in [-0.05, 0) is 18.3 Å². The van der Waals surface area contributed by atoms with E-state index in [9.17, 15) is 4.79 Å². The van der Waals surface area contributed by atoms with E-state index < -0.39 is 0 Å². The van der Waals surface area contributed by atoms with Gasteiger partial charge in [-0.2, -0.15) is 0 Å². The number of carbonyl (C=O) groups is 1. The van der Waals surface area contributed by atoms with Crippen molar-refractivity contribution in [3.8, 4) is 0 Å². The zero-order valence-electron chi connectivity index (χ0n) is 12.2. The number of hydrogen-bond acceptors (Lipinski definition) is 4. The summed E-state index contributed by atoms with van der Waals surface area (Å²) in [5.74, 6) is -0.270. The molecule has 0 spiro atoms. The fourth-order valence-corrected chi connectivity index (χ4v) is 1.80. The molecule has 0 aromatic carbocycles. The minimum Gasteiger partial charge on any atom is -0.466 e. The quantitative estimate of drug-likeness (QED) is 0.540. The summed E-state index contributed by atoms with van der Waals surface area (Å²) in [6, 6.07) is 0.217. The number of carbonyl (C=O) groups excluding carboxylic acids is 1. The summed E-state index contributed by atoms with van der Waals surface area (Å²) < 4.78 is 4.70. The third kappa shape index (κ3) is 6.17. The van der Waals surface area contributed by atoms with Gasteiger partial charge in [0, 0.05) is 24.8 Å². The molecule has 0 aliphatic heterocycles. The van der Waals surface area contributed by atoms with Gasteiger partial charge in [-0.25, -0.2) is 4.79 Å². The molecular formula is C14H27NO3. The van der Waals surface area contributed by atoms with E-state index >= 15 is 0 Å². The number of esters is 1. The maximum Gasteiger partial charge on any atom is 0.333 e. The molecule has 0 heterocycles. The average Bonchev–Trinajstić information content (AvgIpc) is 2.31. The average molecular weight is 257 g/mol. The van der Waals surface area contributed by atoms with Gasteiger partial charge < -0.3 is 15.2 Å². The Bertz CT molecular complexity index is 279. The lowest BCUT2D eigenvalue weighted by atomic mass is 9.85. The molecule has 4 heteroatoms. The Morgan fingerprint density at radius 1 is 1.44 bits per heavy atom. The highest BCUT2D eigenvalue weighted by atomic mass is 16.5. The van der Waals surface area contributed by atoms with Crippen LogP contribution in [0, 0.1) is 5.41 Å². The normalized spacial score (nSPS) is 14.4. The number of methoxy groups -OCH3 is 1. The Morgan fingerprint density at radius 3 is 2.44 bits per heavy atom. The molecule has 0 bridgehead atoms. The first-order valence-corrected chi connectivity index (χ1v) is 6.48. The number of hydrogen-bond donors (Lipinski definition) is 2. The van der Waals surface area contributed by atoms with Gasteiger partial charge >= 0.3 is 5.97 Å². The molecule has 2 N–H and O–H groups in total. The lowest BCUT2D eigenvalue weighted by Gasteiger charge is -2.31. The highest BCUT2D eigenvalue weighted by Crippen LogP contribution is 2.21. The summed E-state index contributed by atoms with van der Waals surface area (Å²) in [5, 5.41) is 12.4. The van der Waals surface area contributed by atoms with Gasteiger partial charge in [0.05, 0.1) is 7.11 Å². The molecule has 4 nitrogen and oxygen atoms in total. The van der Waals surface area contributed by atoms with E-state index in [1.54, 1.807) is 0 Å². The molecule has 0 aliphatic rings. The first-order chi connectivity index (χ1) is 8.36. The molecular weight excluding hydrogens is 230 g/mol. The monoisotopic (exact) mass is 257 g/mol. The van der Waals surface area contributed by atoms with Crippen molar-refractivity contribution >= 4 is 5.97 Å². The summed E-state index contributed by atoms with van der Waals surface area (Å²) in [5.41, 5.74) is 0.760. The van der Waals surface area contributed by atoms with Crippen molar-refractivity contribution in [3.05, 3.63) is 11.6 Å². The Hall–Kier alpha value is -0.870. The Balaban J connectivity index is 4.43. The fraction of sp³-hybridized carbons (Fsp3) is 0.786. The summed E-state index contributed by atoms with van der Waals surface area (Å²) in [6.45, 7) is 9.09. The van der Waals surface area contributed by atoms with Crippen molar-refractivity contribution < 1.29 is 14.6 Å². The zero-order chi connectivity index (χ0) is 14.2. The second kappa shape index (κ2) is 8.27. The second-order valence-electron chi connectivity index (χ2n) is 5.41. The first kappa shape index (κ1) is 17.1. The van der Waals surface area contributed by atoms with E-state index in [0.29, 0.717) is 25.0 Å². The van der Waals surface area contributed by atoms with Crippen LogP contribution in [-0.2, 0) is 9.53 Å². The first-order valence-electron chi connectivity index (χ1n) is 6.48. The third-order valence-electron chi connectivity index (χ3n) is 3.00. The van der Waals surface area contributed by atoms with Crippen LogP contribution in [0.3, 0.4) is 0 Å². The van der Waals surface area contributed by atoms with Crippen LogP contribution in [0.25, 0.3) is 0 Å². The van der Waals surface area contributed by atoms with Gasteiger partial charge in [0.15, 0.2) is 0 Å². The SMILES string of the molecule is CCC(=CCNC(CCO)C(C)(C)C)C(=O)OC. The summed E-state index contributed by atoms with van der Waals surface area (Å²) in [6.07, 6.45) is 3.23. The third-order valence-corrected chi connectivity index (χ3v) is 3.00. The van der Waals surface area contributed by atoms with E-state index in [2.05, 4.69) is 26.1 Å². The van der Waals surface area contributed by atoms with Gasteiger partial charge in [-0.15, -0.1) is 0 Å². The predicted octanol–water partition coefficient (Wildman–Crippen LogP) is 1.88. The van der Waals surface area contributed by atoms with Crippen LogP contribution in [-0.4, -0.2) is 37.4 Å². The molecule has 1 atom stereocenters. The van der Waals surface area contributed by atoms with Gasteiger partial charge in [-0.1, -0.05) is 33.8 Å². The van der Waals surface area contributed by atoms with Crippen molar-refractivity contribution in [2.75, 3.05) is 20.3 Å². The van der Waals surface area contributed by atoms with Crippen LogP contribution in [0.2, 0.25) is 0 Å². The van der Waals surface area contributed by atoms with Crippen molar-refractivity contribution in [1.82, 2.24) is 5.32 Å². The Morgan fingerprint density at radius 2 is 2.06 bits per heavy atom. The Kier molecular flexibility index (Phi) is 7.87. The zero-order valence-corrected chi connectivity index (χ0v) is 12.2. The number of nitrogens with one attached hydrogen (secondary N) is 1. The largest absolute Gasteiger partial charge is 0.466 e. The maximum absolute atomic E-state index is 11.4. The number of ether oxygens (including phenoxy) is 1.